The molecule has 6 nitrogen and oxygen atoms in total. The first-order valence-corrected chi connectivity index (χ1v) is 10.2. The first-order valence-electron chi connectivity index (χ1n) is 10.2. The third kappa shape index (κ3) is 4.01. The average Bonchev–Trinajstić information content (AvgIpc) is 2.92. The Morgan fingerprint density at radius 2 is 1.72 bits per heavy atom. The summed E-state index contributed by atoms with van der Waals surface area (Å²) in [6.45, 7) is 3.94. The molecule has 0 radical (unpaired) electrons. The first kappa shape index (κ1) is 19.2. The van der Waals surface area contributed by atoms with E-state index in [1.165, 1.54) is 0 Å². The van der Waals surface area contributed by atoms with Gasteiger partial charge in [0, 0.05) is 25.8 Å². The van der Waals surface area contributed by atoms with E-state index < -0.39 is 0 Å². The molecular formula is C23H26N4O2. The number of benzene rings is 1. The van der Waals surface area contributed by atoms with Gasteiger partial charge in [0.2, 0.25) is 5.82 Å². The maximum absolute atomic E-state index is 13.1. The summed E-state index contributed by atoms with van der Waals surface area (Å²) in [5, 5.41) is 2.94. The Bertz CT molecular complexity index is 1030. The van der Waals surface area contributed by atoms with Gasteiger partial charge >= 0.3 is 0 Å². The number of hydrogen-bond acceptors (Lipinski definition) is 3. The van der Waals surface area contributed by atoms with Crippen molar-refractivity contribution in [2.24, 2.45) is 0 Å². The number of rotatable bonds is 4. The Labute approximate surface area is 170 Å². The fourth-order valence-electron chi connectivity index (χ4n) is 3.84. The van der Waals surface area contributed by atoms with Crippen LogP contribution in [0.3, 0.4) is 0 Å². The van der Waals surface area contributed by atoms with Gasteiger partial charge in [-0.3, -0.25) is 14.0 Å². The zero-order valence-electron chi connectivity index (χ0n) is 16.7. The molecule has 4 rings (SSSR count). The van der Waals surface area contributed by atoms with Crippen molar-refractivity contribution in [3.63, 3.8) is 0 Å². The fourth-order valence-corrected chi connectivity index (χ4v) is 3.84. The normalized spacial score (nSPS) is 14.6. The van der Waals surface area contributed by atoms with E-state index in [0.717, 1.165) is 49.9 Å². The van der Waals surface area contributed by atoms with Gasteiger partial charge in [-0.1, -0.05) is 43.2 Å². The highest BCUT2D eigenvalue weighted by molar-refractivity contribution is 6.02. The monoisotopic (exact) mass is 390 g/mol. The van der Waals surface area contributed by atoms with Gasteiger partial charge < -0.3 is 10.2 Å². The van der Waals surface area contributed by atoms with Crippen LogP contribution in [-0.2, 0) is 6.54 Å². The van der Waals surface area contributed by atoms with Gasteiger partial charge in [-0.25, -0.2) is 4.98 Å². The number of carbonyl (C=O) groups excluding carboxylic acids is 2. The lowest BCUT2D eigenvalue weighted by atomic mass is 10.1. The molecule has 0 spiro atoms. The molecule has 3 heterocycles. The van der Waals surface area contributed by atoms with Gasteiger partial charge in [-0.15, -0.1) is 0 Å². The van der Waals surface area contributed by atoms with E-state index in [1.807, 2.05) is 54.3 Å². The first-order chi connectivity index (χ1) is 14.1. The van der Waals surface area contributed by atoms with Gasteiger partial charge in [0.25, 0.3) is 11.8 Å². The lowest BCUT2D eigenvalue weighted by Crippen LogP contribution is -2.32. The van der Waals surface area contributed by atoms with Crippen LogP contribution in [0.5, 0.6) is 0 Å². The summed E-state index contributed by atoms with van der Waals surface area (Å²) in [7, 11) is 0. The van der Waals surface area contributed by atoms with Gasteiger partial charge in [-0.2, -0.15) is 0 Å². The minimum Gasteiger partial charge on any atom is -0.345 e. The van der Waals surface area contributed by atoms with Crippen molar-refractivity contribution >= 4 is 17.3 Å². The lowest BCUT2D eigenvalue weighted by Gasteiger charge is -2.19. The van der Waals surface area contributed by atoms with Crippen LogP contribution in [0.25, 0.3) is 5.52 Å². The molecule has 0 saturated carbocycles. The van der Waals surface area contributed by atoms with E-state index in [0.29, 0.717) is 17.8 Å². The molecule has 6 heteroatoms. The summed E-state index contributed by atoms with van der Waals surface area (Å²) in [6, 6.07) is 13.5. The van der Waals surface area contributed by atoms with Crippen LogP contribution in [0, 0.1) is 6.92 Å². The second kappa shape index (κ2) is 8.47. The molecule has 0 atom stereocenters. The summed E-state index contributed by atoms with van der Waals surface area (Å²) in [5.74, 6) is -0.134. The maximum Gasteiger partial charge on any atom is 0.287 e. The fraction of sp³-hybridized carbons (Fsp3) is 0.348. The number of imidazole rings is 1. The minimum absolute atomic E-state index is 0.0893. The molecule has 29 heavy (non-hydrogen) atoms. The number of nitrogens with one attached hydrogen (secondary N) is 1. The van der Waals surface area contributed by atoms with Crippen molar-refractivity contribution in [2.75, 3.05) is 13.1 Å². The van der Waals surface area contributed by atoms with Gasteiger partial charge in [0.1, 0.15) is 0 Å². The number of aromatic nitrogens is 2. The van der Waals surface area contributed by atoms with Crippen molar-refractivity contribution < 1.29 is 9.59 Å². The van der Waals surface area contributed by atoms with E-state index in [2.05, 4.69) is 10.3 Å². The van der Waals surface area contributed by atoms with E-state index in [-0.39, 0.29) is 17.6 Å². The smallest absolute Gasteiger partial charge is 0.287 e. The Hall–Kier alpha value is -3.15. The Morgan fingerprint density at radius 1 is 1.00 bits per heavy atom. The number of amides is 2. The summed E-state index contributed by atoms with van der Waals surface area (Å²) >= 11 is 0. The van der Waals surface area contributed by atoms with Crippen LogP contribution in [0.1, 0.15) is 57.9 Å². The number of likely N-dealkylation sites (tertiary alicyclic amines) is 1. The number of aryl methyl sites for hydroxylation is 1. The number of pyridine rings is 1. The Balaban J connectivity index is 1.60. The molecule has 0 aliphatic carbocycles. The predicted molar refractivity (Wildman–Crippen MR) is 112 cm³/mol. The molecule has 1 aliphatic heterocycles. The van der Waals surface area contributed by atoms with Crippen molar-refractivity contribution in [1.82, 2.24) is 19.6 Å². The molecule has 2 aromatic heterocycles. The van der Waals surface area contributed by atoms with Crippen LogP contribution < -0.4 is 5.32 Å². The molecule has 1 aromatic carbocycles. The number of nitrogens with zero attached hydrogens (tertiary/aromatic N) is 3. The highest BCUT2D eigenvalue weighted by Crippen LogP contribution is 2.18. The Kier molecular flexibility index (Phi) is 5.60. The molecule has 2 amide bonds. The van der Waals surface area contributed by atoms with Crippen LogP contribution >= 0.6 is 0 Å². The maximum atomic E-state index is 13.1. The van der Waals surface area contributed by atoms with Gasteiger partial charge in [0.05, 0.1) is 5.52 Å². The quantitative estimate of drug-likeness (QED) is 0.740. The number of carbonyl (C=O) groups is 2. The lowest BCUT2D eigenvalue weighted by molar-refractivity contribution is 0.0758. The summed E-state index contributed by atoms with van der Waals surface area (Å²) in [4.78, 5) is 32.4. The average molecular weight is 390 g/mol. The van der Waals surface area contributed by atoms with Crippen LogP contribution in [0.4, 0.5) is 0 Å². The molecule has 1 N–H and O–H groups in total. The molecule has 0 unspecified atom stereocenters. The molecule has 0 bridgehead atoms. The van der Waals surface area contributed by atoms with E-state index in [1.54, 1.807) is 10.6 Å². The standard InChI is InChI=1S/C23H26N4O2/c1-17-10-4-5-11-18(17)16-24-22(28)21-25-20(19-12-6-9-15-27(19)21)23(29)26-13-7-2-3-8-14-26/h4-6,9-12,15H,2-3,7-8,13-14,16H2,1H3,(H,24,28). The minimum atomic E-state index is -0.288. The van der Waals surface area contributed by atoms with E-state index in [9.17, 15) is 9.59 Å². The zero-order valence-corrected chi connectivity index (χ0v) is 16.7. The van der Waals surface area contributed by atoms with Gasteiger partial charge in [0.15, 0.2) is 5.69 Å². The number of fused-ring (bicyclic) bond motifs is 1. The molecule has 150 valence electrons. The molecule has 1 aliphatic rings. The van der Waals surface area contributed by atoms with Crippen molar-refractivity contribution in [2.45, 2.75) is 39.2 Å². The summed E-state index contributed by atoms with van der Waals surface area (Å²) in [6.07, 6.45) is 6.12. The molecule has 1 fully saturated rings. The third-order valence-electron chi connectivity index (χ3n) is 5.55. The van der Waals surface area contributed by atoms with Crippen molar-refractivity contribution in [3.05, 3.63) is 71.3 Å². The highest BCUT2D eigenvalue weighted by Gasteiger charge is 2.25. The molecular weight excluding hydrogens is 364 g/mol. The number of hydrogen-bond donors (Lipinski definition) is 1. The third-order valence-corrected chi connectivity index (χ3v) is 5.55. The van der Waals surface area contributed by atoms with Crippen LogP contribution in [0.2, 0.25) is 0 Å². The van der Waals surface area contributed by atoms with Crippen molar-refractivity contribution in [3.8, 4) is 0 Å². The summed E-state index contributed by atoms with van der Waals surface area (Å²) < 4.78 is 1.71. The van der Waals surface area contributed by atoms with Crippen LogP contribution in [0.15, 0.2) is 48.7 Å². The SMILES string of the molecule is Cc1ccccc1CNC(=O)c1nc(C(=O)N2CCCCCC2)c2ccccn12. The largest absolute Gasteiger partial charge is 0.345 e. The van der Waals surface area contributed by atoms with E-state index >= 15 is 0 Å². The molecule has 1 saturated heterocycles. The second-order valence-electron chi connectivity index (χ2n) is 7.56. The van der Waals surface area contributed by atoms with Gasteiger partial charge in [-0.05, 0) is 43.0 Å². The Morgan fingerprint density at radius 3 is 2.48 bits per heavy atom. The second-order valence-corrected chi connectivity index (χ2v) is 7.56. The zero-order chi connectivity index (χ0) is 20.2. The van der Waals surface area contributed by atoms with Crippen LogP contribution in [-0.4, -0.2) is 39.2 Å². The summed E-state index contributed by atoms with van der Waals surface area (Å²) in [5.41, 5.74) is 3.21. The highest BCUT2D eigenvalue weighted by atomic mass is 16.2. The van der Waals surface area contributed by atoms with E-state index in [4.69, 9.17) is 0 Å². The topological polar surface area (TPSA) is 66.7 Å². The van der Waals surface area contributed by atoms with Crippen molar-refractivity contribution in [1.29, 1.82) is 0 Å². The molecule has 3 aromatic rings. The predicted octanol–water partition coefficient (Wildman–Crippen LogP) is 3.59.